The number of hydrogen-bond acceptors (Lipinski definition) is 9. The minimum absolute atomic E-state index is 0.210. The maximum absolute atomic E-state index is 12.8. The van der Waals surface area contributed by atoms with E-state index in [9.17, 15) is 4.79 Å². The molecule has 5 rings (SSSR count). The molecule has 0 saturated carbocycles. The molecule has 3 aromatic rings. The highest BCUT2D eigenvalue weighted by Gasteiger charge is 2.38. The molecular weight excluding hydrogens is 562 g/mol. The van der Waals surface area contributed by atoms with Gasteiger partial charge in [0, 0.05) is 43.3 Å². The van der Waals surface area contributed by atoms with Gasteiger partial charge in [-0.1, -0.05) is 23.7 Å². The summed E-state index contributed by atoms with van der Waals surface area (Å²) in [6.45, 7) is 9.01. The van der Waals surface area contributed by atoms with Gasteiger partial charge in [0.25, 0.3) is 0 Å². The molecule has 0 radical (unpaired) electrons. The fraction of sp³-hybridized carbons (Fsp3) is 0.484. The Morgan fingerprint density at radius 1 is 1.24 bits per heavy atom. The fourth-order valence-corrected chi connectivity index (χ4v) is 6.51. The van der Waals surface area contributed by atoms with E-state index in [0.29, 0.717) is 36.9 Å². The van der Waals surface area contributed by atoms with E-state index in [2.05, 4.69) is 16.3 Å². The first-order chi connectivity index (χ1) is 19.7. The number of nitrogens with one attached hydrogen (secondary N) is 1. The number of esters is 1. The second kappa shape index (κ2) is 12.6. The first-order valence-corrected chi connectivity index (χ1v) is 15.2. The maximum Gasteiger partial charge on any atom is 0.312 e. The first kappa shape index (κ1) is 29.6. The van der Waals surface area contributed by atoms with Crippen molar-refractivity contribution in [3.8, 4) is 22.8 Å². The predicted molar refractivity (Wildman–Crippen MR) is 162 cm³/mol. The third-order valence-electron chi connectivity index (χ3n) is 7.41. The van der Waals surface area contributed by atoms with E-state index in [4.69, 9.17) is 35.5 Å². The van der Waals surface area contributed by atoms with Crippen molar-refractivity contribution in [2.24, 2.45) is 5.92 Å². The van der Waals surface area contributed by atoms with E-state index < -0.39 is 5.60 Å². The molecule has 3 heterocycles. The Balaban J connectivity index is 1.32. The van der Waals surface area contributed by atoms with Crippen LogP contribution in [0.4, 0.5) is 5.13 Å². The molecule has 2 atom stereocenters. The summed E-state index contributed by atoms with van der Waals surface area (Å²) in [5.74, 6) is 0.962. The molecule has 2 aliphatic heterocycles. The van der Waals surface area contributed by atoms with E-state index in [0.717, 1.165) is 47.2 Å². The molecule has 0 bridgehead atoms. The second-order valence-electron chi connectivity index (χ2n) is 11.4. The van der Waals surface area contributed by atoms with Gasteiger partial charge in [-0.3, -0.25) is 4.79 Å². The van der Waals surface area contributed by atoms with Crippen molar-refractivity contribution in [1.82, 2.24) is 10.3 Å². The minimum atomic E-state index is -0.531. The van der Waals surface area contributed by atoms with Crippen LogP contribution in [0.15, 0.2) is 35.7 Å². The van der Waals surface area contributed by atoms with Gasteiger partial charge in [0.05, 0.1) is 29.8 Å². The predicted octanol–water partition coefficient (Wildman–Crippen LogP) is 5.88. The molecular formula is C31H38ClN3O5S. The summed E-state index contributed by atoms with van der Waals surface area (Å²) in [5.41, 5.74) is 4.63. The monoisotopic (exact) mass is 599 g/mol. The number of para-hydroxylation sites is 1. The quantitative estimate of drug-likeness (QED) is 0.322. The van der Waals surface area contributed by atoms with Crippen molar-refractivity contribution in [3.05, 3.63) is 57.4 Å². The van der Waals surface area contributed by atoms with E-state index in [1.807, 2.05) is 50.4 Å². The largest absolute Gasteiger partial charge is 0.496 e. The molecule has 41 heavy (non-hydrogen) atoms. The zero-order valence-electron chi connectivity index (χ0n) is 24.3. The number of carbonyl (C=O) groups excluding carboxylic acids is 1. The van der Waals surface area contributed by atoms with Crippen LogP contribution in [0.5, 0.6) is 11.5 Å². The second-order valence-corrected chi connectivity index (χ2v) is 12.7. The lowest BCUT2D eigenvalue weighted by molar-refractivity contribution is -0.165. The molecule has 1 saturated heterocycles. The van der Waals surface area contributed by atoms with Crippen molar-refractivity contribution in [2.45, 2.75) is 58.5 Å². The van der Waals surface area contributed by atoms with Crippen LogP contribution in [0.3, 0.4) is 0 Å². The topological polar surface area (TPSA) is 82.2 Å². The Kier molecular flexibility index (Phi) is 9.09. The number of benzene rings is 2. The minimum Gasteiger partial charge on any atom is -0.496 e. The molecule has 0 unspecified atom stereocenters. The van der Waals surface area contributed by atoms with Gasteiger partial charge in [-0.15, -0.1) is 11.3 Å². The highest BCUT2D eigenvalue weighted by Crippen LogP contribution is 2.39. The Bertz CT molecular complexity index is 1370. The van der Waals surface area contributed by atoms with Crippen LogP contribution in [0.25, 0.3) is 11.3 Å². The number of halogens is 1. The van der Waals surface area contributed by atoms with Gasteiger partial charge < -0.3 is 29.2 Å². The number of piperidine rings is 1. The fourth-order valence-electron chi connectivity index (χ4n) is 5.41. The van der Waals surface area contributed by atoms with E-state index >= 15 is 0 Å². The molecule has 2 aromatic carbocycles. The van der Waals surface area contributed by atoms with E-state index in [-0.39, 0.29) is 18.0 Å². The molecule has 0 spiro atoms. The summed E-state index contributed by atoms with van der Waals surface area (Å²) in [7, 11) is 3.35. The summed E-state index contributed by atoms with van der Waals surface area (Å²) in [5, 5.41) is 6.82. The van der Waals surface area contributed by atoms with Crippen LogP contribution in [0.1, 0.15) is 43.9 Å². The molecule has 0 amide bonds. The SMILES string of the molecule is COc1cc(COc2c(Cl)cccc2-c2csc(N3CC[C@H](C(=O)OC(C)(C)C)[C@H](OC)C3)n2)cc2c1CNCC2. The lowest BCUT2D eigenvalue weighted by Crippen LogP contribution is -2.49. The first-order valence-electron chi connectivity index (χ1n) is 13.9. The van der Waals surface area contributed by atoms with Crippen molar-refractivity contribution < 1.29 is 23.7 Å². The highest BCUT2D eigenvalue weighted by atomic mass is 35.5. The summed E-state index contributed by atoms with van der Waals surface area (Å²) in [6.07, 6.45) is 1.31. The molecule has 1 aromatic heterocycles. The van der Waals surface area contributed by atoms with Gasteiger partial charge in [-0.25, -0.2) is 4.98 Å². The van der Waals surface area contributed by atoms with Crippen molar-refractivity contribution in [1.29, 1.82) is 0 Å². The number of rotatable bonds is 8. The van der Waals surface area contributed by atoms with Crippen LogP contribution in [-0.4, -0.2) is 56.5 Å². The molecule has 220 valence electrons. The number of carbonyl (C=O) groups is 1. The number of anilines is 1. The molecule has 0 aliphatic carbocycles. The zero-order chi connectivity index (χ0) is 29.1. The molecule has 1 fully saturated rings. The number of hydrogen-bond donors (Lipinski definition) is 1. The molecule has 2 aliphatic rings. The average Bonchev–Trinajstić information content (AvgIpc) is 3.45. The summed E-state index contributed by atoms with van der Waals surface area (Å²) in [6, 6.07) is 9.95. The van der Waals surface area contributed by atoms with Crippen molar-refractivity contribution in [3.63, 3.8) is 0 Å². The van der Waals surface area contributed by atoms with Crippen LogP contribution in [0, 0.1) is 5.92 Å². The number of thiazole rings is 1. The number of aromatic nitrogens is 1. The Morgan fingerprint density at radius 2 is 2.07 bits per heavy atom. The summed E-state index contributed by atoms with van der Waals surface area (Å²) >= 11 is 8.21. The average molecular weight is 600 g/mol. The Hall–Kier alpha value is -2.85. The number of ether oxygens (including phenoxy) is 4. The van der Waals surface area contributed by atoms with Gasteiger partial charge in [-0.2, -0.15) is 0 Å². The molecule has 10 heteroatoms. The smallest absolute Gasteiger partial charge is 0.312 e. The van der Waals surface area contributed by atoms with Crippen LogP contribution in [0.2, 0.25) is 5.02 Å². The van der Waals surface area contributed by atoms with E-state index in [1.54, 1.807) is 25.6 Å². The van der Waals surface area contributed by atoms with Gasteiger partial charge >= 0.3 is 5.97 Å². The third-order valence-corrected chi connectivity index (χ3v) is 8.61. The number of nitrogens with zero attached hydrogens (tertiary/aromatic N) is 2. The normalized spacial score (nSPS) is 19.0. The van der Waals surface area contributed by atoms with Crippen LogP contribution in [-0.2, 0) is 33.8 Å². The summed E-state index contributed by atoms with van der Waals surface area (Å²) < 4.78 is 23.4. The van der Waals surface area contributed by atoms with Crippen molar-refractivity contribution >= 4 is 34.0 Å². The van der Waals surface area contributed by atoms with Crippen LogP contribution >= 0.6 is 22.9 Å². The van der Waals surface area contributed by atoms with Gasteiger partial charge in [0.15, 0.2) is 5.13 Å². The number of fused-ring (bicyclic) bond motifs is 1. The van der Waals surface area contributed by atoms with Crippen LogP contribution < -0.4 is 19.7 Å². The Labute approximate surface area is 250 Å². The third kappa shape index (κ3) is 6.80. The maximum atomic E-state index is 12.8. The zero-order valence-corrected chi connectivity index (χ0v) is 25.9. The molecule has 1 N–H and O–H groups in total. The highest BCUT2D eigenvalue weighted by molar-refractivity contribution is 7.14. The van der Waals surface area contributed by atoms with Crippen molar-refractivity contribution in [2.75, 3.05) is 38.8 Å². The van der Waals surface area contributed by atoms with Gasteiger partial charge in [-0.05, 0) is 69.5 Å². The van der Waals surface area contributed by atoms with E-state index in [1.165, 1.54) is 11.1 Å². The lowest BCUT2D eigenvalue weighted by Gasteiger charge is -2.37. The molecule has 8 nitrogen and oxygen atoms in total. The summed E-state index contributed by atoms with van der Waals surface area (Å²) in [4.78, 5) is 19.9. The lowest BCUT2D eigenvalue weighted by atomic mass is 9.93. The van der Waals surface area contributed by atoms with Gasteiger partial charge in [0.2, 0.25) is 0 Å². The van der Waals surface area contributed by atoms with Gasteiger partial charge in [0.1, 0.15) is 23.7 Å². The Morgan fingerprint density at radius 3 is 2.83 bits per heavy atom. The number of methoxy groups -OCH3 is 2. The standard InChI is InChI=1S/C31H38ClN3O5S/c1-31(2,3)40-29(36)22-10-12-35(16-27(22)38-5)30-34-25(18-41-30)21-7-6-8-24(32)28(21)39-17-19-13-20-9-11-33-15-23(20)26(14-19)37-4/h6-8,13-14,18,22,27,33H,9-12,15-17H2,1-5H3/t22-,27+/m0/s1.